The molecule has 1 atom stereocenters. The summed E-state index contributed by atoms with van der Waals surface area (Å²) >= 11 is 2.84. The van der Waals surface area contributed by atoms with Gasteiger partial charge in [0.1, 0.15) is 11.0 Å². The number of benzene rings is 1. The van der Waals surface area contributed by atoms with Gasteiger partial charge in [-0.25, -0.2) is 4.79 Å². The van der Waals surface area contributed by atoms with Gasteiger partial charge in [0.25, 0.3) is 0 Å². The van der Waals surface area contributed by atoms with Crippen molar-refractivity contribution in [2.24, 2.45) is 0 Å². The van der Waals surface area contributed by atoms with E-state index in [9.17, 15) is 9.59 Å². The number of ether oxygens (including phenoxy) is 1. The zero-order valence-electron chi connectivity index (χ0n) is 18.5. The monoisotopic (exact) mass is 473 g/mol. The minimum absolute atomic E-state index is 0.166. The smallest absolute Gasteiger partial charge is 0.341 e. The fourth-order valence-corrected chi connectivity index (χ4v) is 5.21. The number of thiophene rings is 1. The number of nitrogen functional groups attached to an aromatic ring is 1. The number of rotatable bonds is 9. The summed E-state index contributed by atoms with van der Waals surface area (Å²) < 4.78 is 6.78. The summed E-state index contributed by atoms with van der Waals surface area (Å²) in [5.74, 6) is 0.179. The van der Waals surface area contributed by atoms with Crippen LogP contribution in [0.15, 0.2) is 35.5 Å². The third kappa shape index (κ3) is 5.31. The second kappa shape index (κ2) is 10.6. The van der Waals surface area contributed by atoms with Crippen molar-refractivity contribution in [3.05, 3.63) is 51.9 Å². The third-order valence-electron chi connectivity index (χ3n) is 5.02. The molecule has 0 spiro atoms. The highest BCUT2D eigenvalue weighted by atomic mass is 32.2. The molecule has 2 heterocycles. The van der Waals surface area contributed by atoms with Crippen molar-refractivity contribution < 1.29 is 14.3 Å². The summed E-state index contributed by atoms with van der Waals surface area (Å²) in [6.45, 7) is 7.49. The molecule has 0 fully saturated rings. The highest BCUT2D eigenvalue weighted by Crippen LogP contribution is 2.34. The lowest BCUT2D eigenvalue weighted by Gasteiger charge is -2.16. The van der Waals surface area contributed by atoms with Crippen molar-refractivity contribution in [1.82, 2.24) is 14.8 Å². The van der Waals surface area contributed by atoms with Crippen LogP contribution in [0.1, 0.15) is 46.3 Å². The number of esters is 1. The van der Waals surface area contributed by atoms with E-state index >= 15 is 0 Å². The normalized spacial score (nSPS) is 11.9. The van der Waals surface area contributed by atoms with Gasteiger partial charge < -0.3 is 15.8 Å². The van der Waals surface area contributed by atoms with E-state index in [0.717, 1.165) is 22.6 Å². The molecule has 3 aromatic rings. The van der Waals surface area contributed by atoms with Crippen molar-refractivity contribution in [3.63, 3.8) is 0 Å². The lowest BCUT2D eigenvalue weighted by Crippen LogP contribution is -2.26. The molecule has 1 unspecified atom stereocenters. The summed E-state index contributed by atoms with van der Waals surface area (Å²) in [6.07, 6.45) is 0.857. The van der Waals surface area contributed by atoms with Gasteiger partial charge in [0.15, 0.2) is 5.16 Å². The molecular weight excluding hydrogens is 446 g/mol. The Bertz CT molecular complexity index is 1090. The molecule has 0 aliphatic carbocycles. The minimum atomic E-state index is -0.665. The number of anilines is 2. The number of thioether (sulfide) groups is 1. The number of carbonyl (C=O) groups excluding carboxylic acids is 2. The summed E-state index contributed by atoms with van der Waals surface area (Å²) in [6, 6.07) is 9.47. The molecule has 0 radical (unpaired) electrons. The topological polar surface area (TPSA) is 112 Å². The SMILES string of the molecule is CCOC(=O)c1c(NC(=O)C(C)n2c(N)nnc2SCCc2ccccc2)sc(C)c1C. The van der Waals surface area contributed by atoms with E-state index in [-0.39, 0.29) is 18.5 Å². The molecule has 2 aromatic heterocycles. The number of aryl methyl sites for hydroxylation is 2. The average molecular weight is 474 g/mol. The van der Waals surface area contributed by atoms with E-state index in [2.05, 4.69) is 27.6 Å². The maximum atomic E-state index is 13.1. The Morgan fingerprint density at radius 1 is 1.25 bits per heavy atom. The highest BCUT2D eigenvalue weighted by molar-refractivity contribution is 7.99. The fourth-order valence-electron chi connectivity index (χ4n) is 3.15. The van der Waals surface area contributed by atoms with Crippen LogP contribution in [0.4, 0.5) is 10.9 Å². The zero-order chi connectivity index (χ0) is 23.3. The average Bonchev–Trinajstić information content (AvgIpc) is 3.27. The number of aromatic nitrogens is 3. The number of nitrogens with zero attached hydrogens (tertiary/aromatic N) is 3. The molecule has 0 saturated carbocycles. The molecule has 3 rings (SSSR count). The minimum Gasteiger partial charge on any atom is -0.462 e. The van der Waals surface area contributed by atoms with E-state index in [1.165, 1.54) is 28.7 Å². The predicted molar refractivity (Wildman–Crippen MR) is 128 cm³/mol. The number of carbonyl (C=O) groups is 2. The van der Waals surface area contributed by atoms with Crippen LogP contribution in [-0.2, 0) is 16.0 Å². The Hall–Kier alpha value is -2.85. The molecule has 3 N–H and O–H groups in total. The number of amides is 1. The second-order valence-corrected chi connectivity index (χ2v) is 9.45. The molecule has 1 aromatic carbocycles. The Labute approximate surface area is 195 Å². The Morgan fingerprint density at radius 2 is 1.97 bits per heavy atom. The van der Waals surface area contributed by atoms with Gasteiger partial charge in [0.05, 0.1) is 12.2 Å². The van der Waals surface area contributed by atoms with Gasteiger partial charge >= 0.3 is 5.97 Å². The first-order chi connectivity index (χ1) is 15.3. The first-order valence-corrected chi connectivity index (χ1v) is 12.1. The van der Waals surface area contributed by atoms with Gasteiger partial charge in [-0.05, 0) is 45.2 Å². The summed E-state index contributed by atoms with van der Waals surface area (Å²) in [7, 11) is 0. The van der Waals surface area contributed by atoms with Crippen molar-refractivity contribution >= 4 is 45.9 Å². The van der Waals surface area contributed by atoms with Crippen molar-refractivity contribution in [3.8, 4) is 0 Å². The fraction of sp³-hybridized carbons (Fsp3) is 0.364. The maximum Gasteiger partial charge on any atom is 0.341 e. The predicted octanol–water partition coefficient (Wildman–Crippen LogP) is 4.25. The maximum absolute atomic E-state index is 13.1. The van der Waals surface area contributed by atoms with Crippen LogP contribution in [0.2, 0.25) is 0 Å². The van der Waals surface area contributed by atoms with Crippen molar-refractivity contribution in [1.29, 1.82) is 0 Å². The quantitative estimate of drug-likeness (QED) is 0.353. The van der Waals surface area contributed by atoms with Gasteiger partial charge in [0.2, 0.25) is 11.9 Å². The summed E-state index contributed by atoms with van der Waals surface area (Å²) in [5, 5.41) is 12.0. The molecule has 8 nitrogen and oxygen atoms in total. The zero-order valence-corrected chi connectivity index (χ0v) is 20.2. The molecule has 0 aliphatic rings. The number of hydrogen-bond donors (Lipinski definition) is 2. The van der Waals surface area contributed by atoms with Crippen LogP contribution < -0.4 is 11.1 Å². The van der Waals surface area contributed by atoms with Gasteiger partial charge in [-0.3, -0.25) is 9.36 Å². The lowest BCUT2D eigenvalue weighted by molar-refractivity contribution is -0.118. The van der Waals surface area contributed by atoms with Crippen LogP contribution in [-0.4, -0.2) is 39.0 Å². The van der Waals surface area contributed by atoms with E-state index in [1.807, 2.05) is 32.0 Å². The summed E-state index contributed by atoms with van der Waals surface area (Å²) in [5.41, 5.74) is 8.44. The Kier molecular flexibility index (Phi) is 7.92. The first-order valence-electron chi connectivity index (χ1n) is 10.3. The molecule has 32 heavy (non-hydrogen) atoms. The van der Waals surface area contributed by atoms with Gasteiger partial charge in [-0.1, -0.05) is 42.1 Å². The van der Waals surface area contributed by atoms with Gasteiger partial charge in [0, 0.05) is 10.6 Å². The molecule has 0 bridgehead atoms. The van der Waals surface area contributed by atoms with Crippen LogP contribution in [0.3, 0.4) is 0 Å². The molecule has 10 heteroatoms. The van der Waals surface area contributed by atoms with Crippen LogP contribution >= 0.6 is 23.1 Å². The molecular formula is C22H27N5O3S2. The number of nitrogens with one attached hydrogen (secondary N) is 1. The van der Waals surface area contributed by atoms with E-state index in [1.54, 1.807) is 18.4 Å². The van der Waals surface area contributed by atoms with Crippen molar-refractivity contribution in [2.45, 2.75) is 45.3 Å². The van der Waals surface area contributed by atoms with Crippen LogP contribution in [0.5, 0.6) is 0 Å². The largest absolute Gasteiger partial charge is 0.462 e. The van der Waals surface area contributed by atoms with E-state index < -0.39 is 12.0 Å². The van der Waals surface area contributed by atoms with Crippen LogP contribution in [0.25, 0.3) is 0 Å². The lowest BCUT2D eigenvalue weighted by atomic mass is 10.1. The van der Waals surface area contributed by atoms with E-state index in [0.29, 0.717) is 15.7 Å². The van der Waals surface area contributed by atoms with E-state index in [4.69, 9.17) is 10.5 Å². The molecule has 0 aliphatic heterocycles. The third-order valence-corrected chi connectivity index (χ3v) is 7.09. The van der Waals surface area contributed by atoms with Crippen molar-refractivity contribution in [2.75, 3.05) is 23.4 Å². The highest BCUT2D eigenvalue weighted by Gasteiger charge is 2.26. The second-order valence-electron chi connectivity index (χ2n) is 7.17. The molecule has 1 amide bonds. The van der Waals surface area contributed by atoms with Gasteiger partial charge in [-0.15, -0.1) is 21.5 Å². The van der Waals surface area contributed by atoms with Gasteiger partial charge in [-0.2, -0.15) is 0 Å². The van der Waals surface area contributed by atoms with Crippen LogP contribution in [0, 0.1) is 13.8 Å². The summed E-state index contributed by atoms with van der Waals surface area (Å²) in [4.78, 5) is 26.4. The Morgan fingerprint density at radius 3 is 2.66 bits per heavy atom. The first kappa shape index (κ1) is 23.8. The number of nitrogens with two attached hydrogens (primary N) is 1. The number of hydrogen-bond acceptors (Lipinski definition) is 8. The molecule has 170 valence electrons. The Balaban J connectivity index is 1.73. The molecule has 0 saturated heterocycles. The standard InChI is InChI=1S/C22H27N5O3S2/c1-5-30-20(29)17-13(2)15(4)32-19(17)24-18(28)14(3)27-21(23)25-26-22(27)31-12-11-16-9-7-6-8-10-16/h6-10,14H,5,11-12H2,1-4H3,(H2,23,25)(H,24,28).